The van der Waals surface area contributed by atoms with E-state index in [1.165, 1.54) is 0 Å². The Morgan fingerprint density at radius 2 is 2.00 bits per heavy atom. The van der Waals surface area contributed by atoms with E-state index in [1.54, 1.807) is 6.92 Å². The van der Waals surface area contributed by atoms with Gasteiger partial charge in [-0.25, -0.2) is 0 Å². The van der Waals surface area contributed by atoms with Crippen LogP contribution >= 0.6 is 23.5 Å². The third-order valence-corrected chi connectivity index (χ3v) is 0.570. The summed E-state index contributed by atoms with van der Waals surface area (Å²) in [6.07, 6.45) is 0. The molecule has 0 N–H and O–H groups in total. The van der Waals surface area contributed by atoms with Gasteiger partial charge in [0.25, 0.3) is 0 Å². The number of alkyl halides is 1. The van der Waals surface area contributed by atoms with E-state index in [2.05, 4.69) is 4.29 Å². The van der Waals surface area contributed by atoms with Gasteiger partial charge < -0.3 is 2.85 Å². The first-order chi connectivity index (χ1) is 2.27. The van der Waals surface area contributed by atoms with Gasteiger partial charge in [0.2, 0.25) is 0 Å². The first kappa shape index (κ1) is 10.3. The molecular formula is C2H6Cl2MgO. The predicted molar refractivity (Wildman–Crippen MR) is 30.2 cm³/mol. The topological polar surface area (TPSA) is 9.23 Å². The van der Waals surface area contributed by atoms with Crippen LogP contribution in [0.4, 0.5) is 0 Å². The summed E-state index contributed by atoms with van der Waals surface area (Å²) in [5.41, 5.74) is -0.378. The van der Waals surface area contributed by atoms with Crippen LogP contribution in [0.2, 0.25) is 0 Å². The van der Waals surface area contributed by atoms with Gasteiger partial charge in [0.05, 0.1) is 11.9 Å². The van der Waals surface area contributed by atoms with E-state index in [9.17, 15) is 0 Å². The van der Waals surface area contributed by atoms with Crippen molar-refractivity contribution in [1.29, 1.82) is 0 Å². The van der Waals surface area contributed by atoms with Crippen molar-refractivity contribution in [3.05, 3.63) is 0 Å². The Hall–Kier alpha value is 1.31. The van der Waals surface area contributed by atoms with Crippen molar-refractivity contribution in [2.24, 2.45) is 0 Å². The van der Waals surface area contributed by atoms with Crippen molar-refractivity contribution >= 4 is 46.5 Å². The van der Waals surface area contributed by atoms with E-state index in [1.807, 2.05) is 0 Å². The first-order valence-electron chi connectivity index (χ1n) is 1.19. The second-order valence-corrected chi connectivity index (χ2v) is 1.42. The molecule has 0 spiro atoms. The molecule has 0 saturated heterocycles. The molecule has 0 aromatic rings. The predicted octanol–water partition coefficient (Wildman–Crippen LogP) is 1.59. The van der Waals surface area contributed by atoms with Crippen molar-refractivity contribution in [1.82, 2.24) is 0 Å². The van der Waals surface area contributed by atoms with E-state index < -0.39 is 0 Å². The Kier molecular flexibility index (Phi) is 10.8. The molecule has 6 heavy (non-hydrogen) atoms. The Labute approximate surface area is 66.2 Å². The fourth-order valence-electron chi connectivity index (χ4n) is 0. The van der Waals surface area contributed by atoms with Crippen LogP contribution in [0.1, 0.15) is 9.78 Å². The van der Waals surface area contributed by atoms with Crippen LogP contribution in [0.3, 0.4) is 0 Å². The van der Waals surface area contributed by atoms with Crippen LogP contribution in [0.25, 0.3) is 0 Å². The van der Waals surface area contributed by atoms with Crippen LogP contribution in [0.15, 0.2) is 0 Å². The van der Waals surface area contributed by atoms with Gasteiger partial charge in [-0.2, -0.15) is 0 Å². The molecule has 0 radical (unpaired) electrons. The smallest absolute Gasteiger partial charge is 1.00 e. The number of halogens is 2. The van der Waals surface area contributed by atoms with E-state index >= 15 is 0 Å². The molecular weight excluding hydrogens is 135 g/mol. The second kappa shape index (κ2) is 6.31. The molecule has 1 atom stereocenters. The third kappa shape index (κ3) is 9.00. The van der Waals surface area contributed by atoms with Crippen LogP contribution < -0.4 is 0 Å². The van der Waals surface area contributed by atoms with Crippen LogP contribution in [0.5, 0.6) is 0 Å². The zero-order chi connectivity index (χ0) is 4.28. The summed E-state index contributed by atoms with van der Waals surface area (Å²) in [6, 6.07) is 0. The van der Waals surface area contributed by atoms with Crippen LogP contribution in [0, 0.1) is 0 Å². The van der Waals surface area contributed by atoms with E-state index in [-0.39, 0.29) is 31.5 Å². The molecule has 1 unspecified atom stereocenters. The van der Waals surface area contributed by atoms with Crippen molar-refractivity contribution in [2.45, 2.75) is 12.5 Å². The molecule has 36 valence electrons. The normalized spacial score (nSPS) is 12.5. The van der Waals surface area contributed by atoms with Gasteiger partial charge >= 0.3 is 23.1 Å². The van der Waals surface area contributed by atoms with E-state index in [0.717, 1.165) is 0 Å². The van der Waals surface area contributed by atoms with Crippen LogP contribution in [-0.2, 0) is 4.29 Å². The molecule has 0 amide bonds. The average Bonchev–Trinajstić information content (AvgIpc) is 1.38. The molecule has 0 aliphatic rings. The van der Waals surface area contributed by atoms with Gasteiger partial charge in [-0.1, -0.05) is 11.6 Å². The number of hydrogen-bond donors (Lipinski definition) is 0. The summed E-state index contributed by atoms with van der Waals surface area (Å²) in [7, 11) is 0. The molecule has 4 heteroatoms. The molecule has 0 rings (SSSR count). The first-order valence-corrected chi connectivity index (χ1v) is 1.93. The largest absolute Gasteiger partial charge is 2.00 e. The van der Waals surface area contributed by atoms with Gasteiger partial charge in [0, 0.05) is 0 Å². The molecule has 0 saturated carbocycles. The Balaban J connectivity index is -0.0000000267. The summed E-state index contributed by atoms with van der Waals surface area (Å²) in [5, 5.41) is 0. The quantitative estimate of drug-likeness (QED) is 0.398. The Bertz CT molecular complexity index is 32.0. The van der Waals surface area contributed by atoms with E-state index in [0.29, 0.717) is 0 Å². The third-order valence-electron chi connectivity index (χ3n) is 0.123. The van der Waals surface area contributed by atoms with Gasteiger partial charge in [0.1, 0.15) is 5.56 Å². The monoisotopic (exact) mass is 140 g/mol. The second-order valence-electron chi connectivity index (χ2n) is 0.632. The number of hydrogen-bond acceptors (Lipinski definition) is 1. The van der Waals surface area contributed by atoms with Crippen molar-refractivity contribution < 1.29 is 7.14 Å². The van der Waals surface area contributed by atoms with Gasteiger partial charge in [-0.05, 0) is 6.92 Å². The fraction of sp³-hybridized carbons (Fsp3) is 1.00. The number of rotatable bonds is 1. The summed E-state index contributed by atoms with van der Waals surface area (Å²) in [6.45, 7) is 1.63. The van der Waals surface area contributed by atoms with E-state index in [4.69, 9.17) is 23.5 Å². The maximum atomic E-state index is 5.11. The molecule has 1 nitrogen and oxygen atoms in total. The SMILES string of the molecule is CC(Cl)OCl.[H-].[H-].[Mg+2]. The van der Waals surface area contributed by atoms with Crippen LogP contribution in [-0.4, -0.2) is 28.6 Å². The summed E-state index contributed by atoms with van der Waals surface area (Å²) in [5.74, 6) is 0. The molecule has 0 fully saturated rings. The zero-order valence-electron chi connectivity index (χ0n) is 5.45. The fourth-order valence-corrected chi connectivity index (χ4v) is 0. The molecule has 0 heterocycles. The molecule has 0 aliphatic carbocycles. The van der Waals surface area contributed by atoms with Crippen molar-refractivity contribution in [3.63, 3.8) is 0 Å². The molecule has 0 bridgehead atoms. The average molecular weight is 141 g/mol. The zero-order valence-corrected chi connectivity index (χ0v) is 6.37. The van der Waals surface area contributed by atoms with Gasteiger partial charge in [-0.3, -0.25) is 4.29 Å². The Morgan fingerprint density at radius 3 is 2.00 bits per heavy atom. The molecule has 0 aromatic heterocycles. The molecule has 0 aliphatic heterocycles. The van der Waals surface area contributed by atoms with Gasteiger partial charge in [0.15, 0.2) is 0 Å². The maximum Gasteiger partial charge on any atom is 2.00 e. The maximum absolute atomic E-state index is 5.11. The minimum absolute atomic E-state index is 0. The summed E-state index contributed by atoms with van der Waals surface area (Å²) < 4.78 is 3.99. The minimum Gasteiger partial charge on any atom is -1.00 e. The Morgan fingerprint density at radius 1 is 1.83 bits per heavy atom. The summed E-state index contributed by atoms with van der Waals surface area (Å²) in [4.78, 5) is 0. The standard InChI is InChI=1S/C2H4Cl2O.Mg.2H/c1-2(3)5-4;;;/h2H,1H3;;;/q;+2;2*-1. The van der Waals surface area contributed by atoms with Crippen molar-refractivity contribution in [3.8, 4) is 0 Å². The minimum atomic E-state index is -0.378. The summed E-state index contributed by atoms with van der Waals surface area (Å²) >= 11 is 9.81. The van der Waals surface area contributed by atoms with Gasteiger partial charge in [-0.15, -0.1) is 0 Å². The molecule has 0 aromatic carbocycles. The van der Waals surface area contributed by atoms with Crippen molar-refractivity contribution in [2.75, 3.05) is 0 Å².